The van der Waals surface area contributed by atoms with E-state index in [1.165, 1.54) is 4.31 Å². The second kappa shape index (κ2) is 10.0. The summed E-state index contributed by atoms with van der Waals surface area (Å²) in [4.78, 5) is 14.3. The van der Waals surface area contributed by atoms with E-state index < -0.39 is 10.0 Å². The number of carbonyl (C=O) groups is 1. The minimum atomic E-state index is -3.46. The predicted molar refractivity (Wildman–Crippen MR) is 113 cm³/mol. The normalized spacial score (nSPS) is 11.6. The van der Waals surface area contributed by atoms with Crippen LogP contribution in [-0.2, 0) is 27.8 Å². The van der Waals surface area contributed by atoms with Gasteiger partial charge in [0.15, 0.2) is 0 Å². The lowest BCUT2D eigenvalue weighted by molar-refractivity contribution is -0.130. The van der Waals surface area contributed by atoms with E-state index in [1.54, 1.807) is 36.2 Å². The van der Waals surface area contributed by atoms with E-state index in [4.69, 9.17) is 11.6 Å². The molecule has 0 bridgehead atoms. The summed E-state index contributed by atoms with van der Waals surface area (Å²) in [6, 6.07) is 14.2. The van der Waals surface area contributed by atoms with Crippen molar-refractivity contribution in [1.82, 2.24) is 9.21 Å². The first-order valence-electron chi connectivity index (χ1n) is 9.36. The van der Waals surface area contributed by atoms with Crippen LogP contribution in [0.1, 0.15) is 31.4 Å². The number of hydrogen-bond acceptors (Lipinski definition) is 3. The molecular formula is C21H27ClN2O3S. The van der Waals surface area contributed by atoms with Crippen LogP contribution in [-0.4, -0.2) is 43.7 Å². The fourth-order valence-corrected chi connectivity index (χ4v) is 4.61. The highest BCUT2D eigenvalue weighted by Gasteiger charge is 2.21. The summed E-state index contributed by atoms with van der Waals surface area (Å²) in [5.74, 6) is 0.0137. The van der Waals surface area contributed by atoms with Crippen molar-refractivity contribution in [2.75, 3.05) is 20.1 Å². The third kappa shape index (κ3) is 5.56. The molecule has 5 nitrogen and oxygen atoms in total. The van der Waals surface area contributed by atoms with Crippen LogP contribution in [0, 0.1) is 0 Å². The summed E-state index contributed by atoms with van der Waals surface area (Å²) in [7, 11) is -1.70. The molecular weight excluding hydrogens is 396 g/mol. The Balaban J connectivity index is 1.95. The second-order valence-corrected chi connectivity index (χ2v) is 8.92. The summed E-state index contributed by atoms with van der Waals surface area (Å²) in [6.45, 7) is 4.97. The van der Waals surface area contributed by atoms with E-state index in [2.05, 4.69) is 0 Å². The van der Waals surface area contributed by atoms with Gasteiger partial charge in [0.2, 0.25) is 15.9 Å². The van der Waals surface area contributed by atoms with E-state index in [1.807, 2.05) is 38.1 Å². The smallest absolute Gasteiger partial charge is 0.243 e. The van der Waals surface area contributed by atoms with E-state index in [0.717, 1.165) is 11.1 Å². The van der Waals surface area contributed by atoms with Gasteiger partial charge in [0.25, 0.3) is 0 Å². The number of amides is 1. The molecule has 1 amide bonds. The minimum absolute atomic E-state index is 0.0137. The summed E-state index contributed by atoms with van der Waals surface area (Å²) in [5.41, 5.74) is 1.84. The van der Waals surface area contributed by atoms with E-state index in [9.17, 15) is 13.2 Å². The molecule has 0 saturated carbocycles. The number of nitrogens with zero attached hydrogens (tertiary/aromatic N) is 2. The molecule has 152 valence electrons. The van der Waals surface area contributed by atoms with Crippen LogP contribution in [0.3, 0.4) is 0 Å². The lowest BCUT2D eigenvalue weighted by atomic mass is 10.1. The number of hydrogen-bond donors (Lipinski definition) is 0. The van der Waals surface area contributed by atoms with Crippen LogP contribution in [0.5, 0.6) is 0 Å². The number of benzene rings is 2. The van der Waals surface area contributed by atoms with Gasteiger partial charge in [-0.3, -0.25) is 4.79 Å². The lowest BCUT2D eigenvalue weighted by Crippen LogP contribution is -2.30. The van der Waals surface area contributed by atoms with E-state index >= 15 is 0 Å². The standard InChI is InChI=1S/C21H27ClN2O3S/c1-4-24(5-2)28(26,27)19-13-10-17(11-14-19)12-15-21(25)23(3)16-18-8-6-7-9-20(18)22/h6-11,13-14H,4-5,12,15-16H2,1-3H3. The Bertz CT molecular complexity index is 894. The third-order valence-electron chi connectivity index (χ3n) is 4.69. The van der Waals surface area contributed by atoms with Crippen LogP contribution in [0.15, 0.2) is 53.4 Å². The molecule has 0 radical (unpaired) electrons. The quantitative estimate of drug-likeness (QED) is 0.614. The Hall–Kier alpha value is -1.89. The van der Waals surface area contributed by atoms with Gasteiger partial charge in [0.05, 0.1) is 4.90 Å². The largest absolute Gasteiger partial charge is 0.341 e. The first-order chi connectivity index (χ1) is 13.3. The van der Waals surface area contributed by atoms with Crippen LogP contribution in [0.2, 0.25) is 5.02 Å². The first-order valence-corrected chi connectivity index (χ1v) is 11.2. The fourth-order valence-electron chi connectivity index (χ4n) is 2.95. The Kier molecular flexibility index (Phi) is 8.04. The zero-order valence-corrected chi connectivity index (χ0v) is 18.1. The van der Waals surface area contributed by atoms with Crippen molar-refractivity contribution in [3.05, 3.63) is 64.7 Å². The highest BCUT2D eigenvalue weighted by molar-refractivity contribution is 7.89. The average molecular weight is 423 g/mol. The van der Waals surface area contributed by atoms with Crippen molar-refractivity contribution in [3.8, 4) is 0 Å². The Morgan fingerprint density at radius 2 is 1.61 bits per heavy atom. The zero-order valence-electron chi connectivity index (χ0n) is 16.6. The molecule has 2 aromatic carbocycles. The fraction of sp³-hybridized carbons (Fsp3) is 0.381. The Labute approximate surface area is 173 Å². The molecule has 28 heavy (non-hydrogen) atoms. The van der Waals surface area contributed by atoms with Gasteiger partial charge in [-0.05, 0) is 35.7 Å². The van der Waals surface area contributed by atoms with Crippen molar-refractivity contribution in [2.45, 2.75) is 38.1 Å². The SMILES string of the molecule is CCN(CC)S(=O)(=O)c1ccc(CCC(=O)N(C)Cc2ccccc2Cl)cc1. The average Bonchev–Trinajstić information content (AvgIpc) is 2.68. The number of halogens is 1. The molecule has 0 aromatic heterocycles. The molecule has 0 N–H and O–H groups in total. The van der Waals surface area contributed by atoms with Gasteiger partial charge in [0.1, 0.15) is 0 Å². The van der Waals surface area contributed by atoms with Crippen molar-refractivity contribution >= 4 is 27.5 Å². The molecule has 0 saturated heterocycles. The van der Waals surface area contributed by atoms with Crippen molar-refractivity contribution < 1.29 is 13.2 Å². The van der Waals surface area contributed by atoms with Crippen molar-refractivity contribution in [3.63, 3.8) is 0 Å². The monoisotopic (exact) mass is 422 g/mol. The molecule has 0 fully saturated rings. The molecule has 0 unspecified atom stereocenters. The third-order valence-corrected chi connectivity index (χ3v) is 7.12. The summed E-state index contributed by atoms with van der Waals surface area (Å²) in [5, 5.41) is 0.646. The second-order valence-electron chi connectivity index (χ2n) is 6.57. The zero-order chi connectivity index (χ0) is 20.7. The minimum Gasteiger partial charge on any atom is -0.341 e. The molecule has 7 heteroatoms. The highest BCUT2D eigenvalue weighted by Crippen LogP contribution is 2.18. The molecule has 0 aliphatic heterocycles. The number of carbonyl (C=O) groups excluding carboxylic acids is 1. The molecule has 0 atom stereocenters. The van der Waals surface area contributed by atoms with Gasteiger partial charge in [-0.25, -0.2) is 8.42 Å². The van der Waals surface area contributed by atoms with Gasteiger partial charge < -0.3 is 4.90 Å². The van der Waals surface area contributed by atoms with E-state index in [-0.39, 0.29) is 10.8 Å². The van der Waals surface area contributed by atoms with Gasteiger partial charge in [-0.1, -0.05) is 55.8 Å². The van der Waals surface area contributed by atoms with Gasteiger partial charge >= 0.3 is 0 Å². The summed E-state index contributed by atoms with van der Waals surface area (Å²) >= 11 is 6.15. The maximum Gasteiger partial charge on any atom is 0.243 e. The van der Waals surface area contributed by atoms with Gasteiger partial charge in [-0.15, -0.1) is 0 Å². The van der Waals surface area contributed by atoms with Crippen LogP contribution < -0.4 is 0 Å². The van der Waals surface area contributed by atoms with Crippen molar-refractivity contribution in [2.24, 2.45) is 0 Å². The van der Waals surface area contributed by atoms with Crippen LogP contribution in [0.4, 0.5) is 0 Å². The lowest BCUT2D eigenvalue weighted by Gasteiger charge is -2.19. The number of aryl methyl sites for hydroxylation is 1. The Morgan fingerprint density at radius 3 is 2.18 bits per heavy atom. The summed E-state index contributed by atoms with van der Waals surface area (Å²) in [6.07, 6.45) is 0.903. The first kappa shape index (κ1) is 22.4. The van der Waals surface area contributed by atoms with Crippen LogP contribution in [0.25, 0.3) is 0 Å². The van der Waals surface area contributed by atoms with Crippen molar-refractivity contribution in [1.29, 1.82) is 0 Å². The van der Waals surface area contributed by atoms with Crippen LogP contribution >= 0.6 is 11.6 Å². The Morgan fingerprint density at radius 1 is 1.00 bits per heavy atom. The van der Waals surface area contributed by atoms with E-state index in [0.29, 0.717) is 37.5 Å². The topological polar surface area (TPSA) is 57.7 Å². The maximum absolute atomic E-state index is 12.5. The number of sulfonamides is 1. The molecule has 0 spiro atoms. The summed E-state index contributed by atoms with van der Waals surface area (Å²) < 4.78 is 26.5. The molecule has 2 rings (SSSR count). The maximum atomic E-state index is 12.5. The van der Waals surface area contributed by atoms with Gasteiger partial charge in [0, 0.05) is 38.1 Å². The molecule has 0 aliphatic carbocycles. The molecule has 0 aliphatic rings. The molecule has 2 aromatic rings. The number of rotatable bonds is 9. The predicted octanol–water partition coefficient (Wildman–Crippen LogP) is 3.96. The van der Waals surface area contributed by atoms with Gasteiger partial charge in [-0.2, -0.15) is 4.31 Å². The molecule has 0 heterocycles. The highest BCUT2D eigenvalue weighted by atomic mass is 35.5.